The van der Waals surface area contributed by atoms with Crippen LogP contribution in [-0.4, -0.2) is 68.1 Å². The molecule has 0 aliphatic carbocycles. The Morgan fingerprint density at radius 3 is 2.36 bits per heavy atom. The van der Waals surface area contributed by atoms with E-state index in [1.54, 1.807) is 29.2 Å². The molecule has 1 amide bonds. The molecule has 0 aliphatic heterocycles. The van der Waals surface area contributed by atoms with Crippen LogP contribution in [0, 0.1) is 0 Å². The molecule has 140 valence electrons. The van der Waals surface area contributed by atoms with Crippen molar-refractivity contribution < 1.29 is 19.1 Å². The van der Waals surface area contributed by atoms with E-state index < -0.39 is 0 Å². The van der Waals surface area contributed by atoms with E-state index in [9.17, 15) is 9.59 Å². The molecule has 0 aliphatic rings. The van der Waals surface area contributed by atoms with Gasteiger partial charge in [-0.25, -0.2) is 0 Å². The van der Waals surface area contributed by atoms with Gasteiger partial charge in [0.2, 0.25) is 0 Å². The van der Waals surface area contributed by atoms with Crippen molar-refractivity contribution in [2.24, 2.45) is 0 Å². The van der Waals surface area contributed by atoms with Crippen LogP contribution >= 0.6 is 11.6 Å². The second-order valence-corrected chi connectivity index (χ2v) is 5.86. The minimum atomic E-state index is -0.340. The van der Waals surface area contributed by atoms with Gasteiger partial charge >= 0.3 is 5.97 Å². The third-order valence-electron chi connectivity index (χ3n) is 3.93. The lowest BCUT2D eigenvalue weighted by atomic mass is 10.3. The quantitative estimate of drug-likeness (QED) is 0.560. The highest BCUT2D eigenvalue weighted by Gasteiger charge is 2.17. The molecule has 6 nitrogen and oxygen atoms in total. The summed E-state index contributed by atoms with van der Waals surface area (Å²) in [7, 11) is 1.34. The number of benzene rings is 1. The van der Waals surface area contributed by atoms with Gasteiger partial charge in [0.25, 0.3) is 5.91 Å². The molecule has 0 fully saturated rings. The minimum Gasteiger partial charge on any atom is -0.482 e. The Morgan fingerprint density at radius 2 is 1.76 bits per heavy atom. The number of esters is 1. The lowest BCUT2D eigenvalue weighted by Gasteiger charge is -2.26. The summed E-state index contributed by atoms with van der Waals surface area (Å²) in [4.78, 5) is 27.7. The zero-order valence-electron chi connectivity index (χ0n) is 15.2. The van der Waals surface area contributed by atoms with Crippen molar-refractivity contribution in [1.29, 1.82) is 0 Å². The molecule has 7 heteroatoms. The normalized spacial score (nSPS) is 10.6. The topological polar surface area (TPSA) is 59.1 Å². The van der Waals surface area contributed by atoms with Gasteiger partial charge in [-0.2, -0.15) is 0 Å². The lowest BCUT2D eigenvalue weighted by molar-refractivity contribution is -0.142. The molecule has 1 aromatic rings. The molecule has 1 aromatic carbocycles. The first-order valence-electron chi connectivity index (χ1n) is 8.46. The van der Waals surface area contributed by atoms with Gasteiger partial charge in [0.1, 0.15) is 5.75 Å². The zero-order chi connectivity index (χ0) is 18.7. The van der Waals surface area contributed by atoms with Crippen LogP contribution in [0.25, 0.3) is 0 Å². The summed E-state index contributed by atoms with van der Waals surface area (Å²) in [5.41, 5.74) is 0. The van der Waals surface area contributed by atoms with E-state index in [-0.39, 0.29) is 24.9 Å². The summed E-state index contributed by atoms with van der Waals surface area (Å²) in [5.74, 6) is -0.0576. The highest BCUT2D eigenvalue weighted by atomic mass is 35.5. The first-order valence-corrected chi connectivity index (χ1v) is 8.83. The number of carbonyl (C=O) groups is 2. The molecule has 0 atom stereocenters. The fourth-order valence-corrected chi connectivity index (χ4v) is 2.47. The van der Waals surface area contributed by atoms with Crippen molar-refractivity contribution >= 4 is 23.5 Å². The number of ether oxygens (including phenoxy) is 2. The van der Waals surface area contributed by atoms with Crippen LogP contribution in [0.15, 0.2) is 24.3 Å². The maximum atomic E-state index is 12.5. The third-order valence-corrected chi connectivity index (χ3v) is 4.25. The van der Waals surface area contributed by atoms with E-state index in [4.69, 9.17) is 16.3 Å². The summed E-state index contributed by atoms with van der Waals surface area (Å²) in [6.45, 7) is 7.42. The Balaban J connectivity index is 2.63. The van der Waals surface area contributed by atoms with Crippen LogP contribution in [0.5, 0.6) is 5.75 Å². The predicted molar refractivity (Wildman–Crippen MR) is 97.9 cm³/mol. The summed E-state index contributed by atoms with van der Waals surface area (Å²) in [5, 5.41) is 0.458. The molecule has 0 unspecified atom stereocenters. The summed E-state index contributed by atoms with van der Waals surface area (Å²) in [6.07, 6.45) is 0.159. The van der Waals surface area contributed by atoms with Crippen molar-refractivity contribution in [2.45, 2.75) is 20.3 Å². The van der Waals surface area contributed by atoms with E-state index in [0.717, 1.165) is 19.6 Å². The Kier molecular flexibility index (Phi) is 9.96. The van der Waals surface area contributed by atoms with Gasteiger partial charge in [0, 0.05) is 19.6 Å². The Labute approximate surface area is 154 Å². The molecule has 1 rings (SSSR count). The molecule has 0 heterocycles. The van der Waals surface area contributed by atoms with Crippen LogP contribution < -0.4 is 4.74 Å². The molecule has 0 spiro atoms. The van der Waals surface area contributed by atoms with Gasteiger partial charge in [0.15, 0.2) is 6.61 Å². The second-order valence-electron chi connectivity index (χ2n) is 5.45. The van der Waals surface area contributed by atoms with Crippen molar-refractivity contribution in [3.05, 3.63) is 29.3 Å². The maximum Gasteiger partial charge on any atom is 0.307 e. The number of rotatable bonds is 11. The average Bonchev–Trinajstić information content (AvgIpc) is 2.63. The first kappa shape index (κ1) is 21.3. The standard InChI is InChI=1S/C18H27ClN2O4/c1-4-20(5-2)12-13-21(11-10-18(23)24-3)17(22)14-25-16-9-7-6-8-15(16)19/h6-9H,4-5,10-14H2,1-3H3. The largest absolute Gasteiger partial charge is 0.482 e. The number of likely N-dealkylation sites (N-methyl/N-ethyl adjacent to an activating group) is 1. The minimum absolute atomic E-state index is 0.122. The number of nitrogens with zero attached hydrogens (tertiary/aromatic N) is 2. The van der Waals surface area contributed by atoms with E-state index in [0.29, 0.717) is 23.9 Å². The fourth-order valence-electron chi connectivity index (χ4n) is 2.28. The lowest BCUT2D eigenvalue weighted by Crippen LogP contribution is -2.42. The molecular weight excluding hydrogens is 344 g/mol. The summed E-state index contributed by atoms with van der Waals surface area (Å²) >= 11 is 6.03. The number of hydrogen-bond acceptors (Lipinski definition) is 5. The van der Waals surface area contributed by atoms with Crippen LogP contribution in [-0.2, 0) is 14.3 Å². The third kappa shape index (κ3) is 7.75. The van der Waals surface area contributed by atoms with Gasteiger partial charge in [-0.1, -0.05) is 37.6 Å². The zero-order valence-corrected chi connectivity index (χ0v) is 15.9. The predicted octanol–water partition coefficient (Wildman–Crippen LogP) is 2.45. The highest BCUT2D eigenvalue weighted by molar-refractivity contribution is 6.32. The molecular formula is C18H27ClN2O4. The van der Waals surface area contributed by atoms with E-state index >= 15 is 0 Å². The van der Waals surface area contributed by atoms with Crippen molar-refractivity contribution in [2.75, 3.05) is 46.4 Å². The summed E-state index contributed by atoms with van der Waals surface area (Å²) in [6, 6.07) is 7.01. The van der Waals surface area contributed by atoms with Gasteiger partial charge in [0.05, 0.1) is 18.6 Å². The number of para-hydroxylation sites is 1. The monoisotopic (exact) mass is 370 g/mol. The highest BCUT2D eigenvalue weighted by Crippen LogP contribution is 2.22. The number of methoxy groups -OCH3 is 1. The SMILES string of the molecule is CCN(CC)CCN(CCC(=O)OC)C(=O)COc1ccccc1Cl. The number of hydrogen-bond donors (Lipinski definition) is 0. The van der Waals surface area contributed by atoms with Crippen molar-refractivity contribution in [3.63, 3.8) is 0 Å². The molecule has 0 saturated heterocycles. The Hall–Kier alpha value is -1.79. The molecule has 0 radical (unpaired) electrons. The molecule has 0 bridgehead atoms. The van der Waals surface area contributed by atoms with Crippen LogP contribution in [0.4, 0.5) is 0 Å². The van der Waals surface area contributed by atoms with E-state index in [1.807, 2.05) is 0 Å². The van der Waals surface area contributed by atoms with E-state index in [1.165, 1.54) is 7.11 Å². The molecule has 0 N–H and O–H groups in total. The van der Waals surface area contributed by atoms with Gasteiger partial charge in [-0.15, -0.1) is 0 Å². The van der Waals surface area contributed by atoms with Crippen molar-refractivity contribution in [1.82, 2.24) is 9.80 Å². The second kappa shape index (κ2) is 11.7. The number of amides is 1. The fraction of sp³-hybridized carbons (Fsp3) is 0.556. The summed E-state index contributed by atoms with van der Waals surface area (Å²) < 4.78 is 10.2. The number of carbonyl (C=O) groups excluding carboxylic acids is 2. The van der Waals surface area contributed by atoms with Gasteiger partial charge < -0.3 is 19.3 Å². The molecule has 0 aromatic heterocycles. The van der Waals surface area contributed by atoms with Gasteiger partial charge in [-0.05, 0) is 25.2 Å². The first-order chi connectivity index (χ1) is 12.0. The Morgan fingerprint density at radius 1 is 1.08 bits per heavy atom. The van der Waals surface area contributed by atoms with Crippen LogP contribution in [0.2, 0.25) is 5.02 Å². The van der Waals surface area contributed by atoms with Crippen molar-refractivity contribution in [3.8, 4) is 5.75 Å². The molecule has 25 heavy (non-hydrogen) atoms. The maximum absolute atomic E-state index is 12.5. The van der Waals surface area contributed by atoms with Crippen LogP contribution in [0.1, 0.15) is 20.3 Å². The Bertz CT molecular complexity index is 550. The van der Waals surface area contributed by atoms with Gasteiger partial charge in [-0.3, -0.25) is 9.59 Å². The number of halogens is 1. The average molecular weight is 371 g/mol. The molecule has 0 saturated carbocycles. The van der Waals surface area contributed by atoms with E-state index in [2.05, 4.69) is 23.5 Å². The van der Waals surface area contributed by atoms with Crippen LogP contribution in [0.3, 0.4) is 0 Å². The smallest absolute Gasteiger partial charge is 0.307 e.